The molecule has 2 aliphatic carbocycles. The molecular weight excluding hydrogens is 304 g/mol. The molecule has 0 aliphatic heterocycles. The molecule has 0 aromatic heterocycles. The van der Waals surface area contributed by atoms with E-state index in [0.717, 1.165) is 49.7 Å². The third kappa shape index (κ3) is 3.78. The lowest BCUT2D eigenvalue weighted by Crippen LogP contribution is -2.40. The van der Waals surface area contributed by atoms with Crippen molar-refractivity contribution in [2.75, 3.05) is 18.9 Å². The Bertz CT molecular complexity index is 629. The van der Waals surface area contributed by atoms with Gasteiger partial charge in [-0.1, -0.05) is 18.9 Å². The number of Topliss-reactive ketones (excluding diaryl/α,β-unsaturated/α-hetero) is 1. The van der Waals surface area contributed by atoms with Crippen molar-refractivity contribution in [1.82, 2.24) is 4.90 Å². The monoisotopic (exact) mass is 330 g/mol. The van der Waals surface area contributed by atoms with Gasteiger partial charge in [-0.15, -0.1) is 0 Å². The Morgan fingerprint density at radius 1 is 1.25 bits per heavy atom. The van der Waals surface area contributed by atoms with Crippen LogP contribution in [0.5, 0.6) is 0 Å². The smallest absolute Gasteiger partial charge is 0.321 e. The van der Waals surface area contributed by atoms with Gasteiger partial charge in [0.2, 0.25) is 0 Å². The summed E-state index contributed by atoms with van der Waals surface area (Å²) in [5.41, 5.74) is 2.47. The average Bonchev–Trinajstić information content (AvgIpc) is 2.57. The van der Waals surface area contributed by atoms with E-state index in [1.807, 2.05) is 12.1 Å². The van der Waals surface area contributed by atoms with Crippen LogP contribution >= 0.6 is 0 Å². The molecule has 1 saturated carbocycles. The fraction of sp³-hybridized carbons (Fsp3) is 0.579. The zero-order valence-electron chi connectivity index (χ0n) is 14.3. The second kappa shape index (κ2) is 7.34. The van der Waals surface area contributed by atoms with Crippen LogP contribution < -0.4 is 5.32 Å². The maximum Gasteiger partial charge on any atom is 0.321 e. The van der Waals surface area contributed by atoms with Crippen LogP contribution in [0.15, 0.2) is 18.2 Å². The molecule has 0 spiro atoms. The molecule has 2 amide bonds. The van der Waals surface area contributed by atoms with Gasteiger partial charge in [0.25, 0.3) is 0 Å². The third-order valence-electron chi connectivity index (χ3n) is 5.24. The zero-order chi connectivity index (χ0) is 17.1. The number of nitrogens with zero attached hydrogens (tertiary/aromatic N) is 1. The lowest BCUT2D eigenvalue weighted by Gasteiger charge is -2.31. The molecule has 2 unspecified atom stereocenters. The average molecular weight is 330 g/mol. The van der Waals surface area contributed by atoms with Gasteiger partial charge in [-0.05, 0) is 43.4 Å². The summed E-state index contributed by atoms with van der Waals surface area (Å²) in [6, 6.07) is 5.39. The molecule has 2 aliphatic rings. The van der Waals surface area contributed by atoms with Crippen molar-refractivity contribution in [3.05, 3.63) is 29.3 Å². The number of amides is 2. The van der Waals surface area contributed by atoms with Gasteiger partial charge in [-0.25, -0.2) is 4.79 Å². The number of aryl methyl sites for hydroxylation is 1. The summed E-state index contributed by atoms with van der Waals surface area (Å²) in [5, 5.41) is 12.9. The first kappa shape index (κ1) is 17.0. The van der Waals surface area contributed by atoms with E-state index < -0.39 is 0 Å². The number of rotatable bonds is 3. The number of aliphatic hydroxyl groups excluding tert-OH is 1. The van der Waals surface area contributed by atoms with Crippen molar-refractivity contribution in [2.24, 2.45) is 5.92 Å². The first-order valence-electron chi connectivity index (χ1n) is 8.91. The highest BCUT2D eigenvalue weighted by Gasteiger charge is 2.26. The molecule has 24 heavy (non-hydrogen) atoms. The molecule has 5 nitrogen and oxygen atoms in total. The molecule has 0 heterocycles. The largest absolute Gasteiger partial charge is 0.393 e. The van der Waals surface area contributed by atoms with E-state index in [4.69, 9.17) is 0 Å². The standard InChI is InChI=1S/C19H26N2O3/c1-21(12-14-5-2-3-7-17(14)22)19(24)20-15-10-9-13-6-4-8-18(23)16(13)11-15/h9-11,14,17,22H,2-8,12H2,1H3,(H,20,24). The van der Waals surface area contributed by atoms with Gasteiger partial charge >= 0.3 is 6.03 Å². The van der Waals surface area contributed by atoms with Crippen LogP contribution in [0.25, 0.3) is 0 Å². The zero-order valence-corrected chi connectivity index (χ0v) is 14.3. The van der Waals surface area contributed by atoms with Gasteiger partial charge in [-0.2, -0.15) is 0 Å². The van der Waals surface area contributed by atoms with Gasteiger partial charge < -0.3 is 15.3 Å². The number of benzene rings is 1. The van der Waals surface area contributed by atoms with E-state index in [2.05, 4.69) is 5.32 Å². The van der Waals surface area contributed by atoms with Crippen molar-refractivity contribution >= 4 is 17.5 Å². The van der Waals surface area contributed by atoms with Crippen LogP contribution in [0.1, 0.15) is 54.4 Å². The quantitative estimate of drug-likeness (QED) is 0.894. The van der Waals surface area contributed by atoms with E-state index in [9.17, 15) is 14.7 Å². The van der Waals surface area contributed by atoms with Gasteiger partial charge in [0.05, 0.1) is 6.10 Å². The van der Waals surface area contributed by atoms with Crippen LogP contribution in [-0.2, 0) is 6.42 Å². The molecule has 2 N–H and O–H groups in total. The Balaban J connectivity index is 1.62. The van der Waals surface area contributed by atoms with E-state index in [0.29, 0.717) is 18.7 Å². The molecule has 0 bridgehead atoms. The lowest BCUT2D eigenvalue weighted by molar-refractivity contribution is 0.0575. The fourth-order valence-corrected chi connectivity index (χ4v) is 3.76. The van der Waals surface area contributed by atoms with E-state index in [1.54, 1.807) is 18.0 Å². The minimum atomic E-state index is -0.310. The molecule has 1 aromatic carbocycles. The maximum absolute atomic E-state index is 12.4. The van der Waals surface area contributed by atoms with Gasteiger partial charge in [0.1, 0.15) is 0 Å². The van der Waals surface area contributed by atoms with Crippen LogP contribution in [0.3, 0.4) is 0 Å². The van der Waals surface area contributed by atoms with Crippen LogP contribution in [-0.4, -0.2) is 41.5 Å². The van der Waals surface area contributed by atoms with Gasteiger partial charge in [-0.3, -0.25) is 4.79 Å². The molecule has 1 fully saturated rings. The number of urea groups is 1. The predicted molar refractivity (Wildman–Crippen MR) is 93.3 cm³/mol. The Morgan fingerprint density at radius 3 is 2.83 bits per heavy atom. The Labute approximate surface area is 143 Å². The Kier molecular flexibility index (Phi) is 5.19. The lowest BCUT2D eigenvalue weighted by atomic mass is 9.86. The summed E-state index contributed by atoms with van der Waals surface area (Å²) < 4.78 is 0. The fourth-order valence-electron chi connectivity index (χ4n) is 3.76. The number of ketones is 1. The number of hydrogen-bond donors (Lipinski definition) is 2. The van der Waals surface area contributed by atoms with Crippen LogP contribution in [0, 0.1) is 5.92 Å². The first-order valence-corrected chi connectivity index (χ1v) is 8.91. The Morgan fingerprint density at radius 2 is 2.04 bits per heavy atom. The number of anilines is 1. The normalized spacial score (nSPS) is 23.5. The Hall–Kier alpha value is -1.88. The highest BCUT2D eigenvalue weighted by Crippen LogP contribution is 2.26. The van der Waals surface area contributed by atoms with Crippen molar-refractivity contribution in [1.29, 1.82) is 0 Å². The molecule has 1 aromatic rings. The molecular formula is C19H26N2O3. The maximum atomic E-state index is 12.4. The number of carbonyl (C=O) groups is 2. The number of hydrogen-bond acceptors (Lipinski definition) is 3. The summed E-state index contributed by atoms with van der Waals surface area (Å²) >= 11 is 0. The summed E-state index contributed by atoms with van der Waals surface area (Å²) in [5.74, 6) is 0.311. The minimum Gasteiger partial charge on any atom is -0.393 e. The van der Waals surface area contributed by atoms with Crippen LogP contribution in [0.2, 0.25) is 0 Å². The van der Waals surface area contributed by atoms with E-state index in [1.165, 1.54) is 0 Å². The van der Waals surface area contributed by atoms with E-state index in [-0.39, 0.29) is 23.8 Å². The van der Waals surface area contributed by atoms with Gasteiger partial charge in [0.15, 0.2) is 5.78 Å². The number of aliphatic hydroxyl groups is 1. The second-order valence-electron chi connectivity index (χ2n) is 7.07. The highest BCUT2D eigenvalue weighted by atomic mass is 16.3. The van der Waals surface area contributed by atoms with Crippen molar-refractivity contribution in [2.45, 2.75) is 51.0 Å². The summed E-state index contributed by atoms with van der Waals surface area (Å²) in [6.45, 7) is 0.552. The second-order valence-corrected chi connectivity index (χ2v) is 7.07. The predicted octanol–water partition coefficient (Wildman–Crippen LogP) is 3.22. The number of carbonyl (C=O) groups excluding carboxylic acids is 2. The molecule has 0 radical (unpaired) electrons. The summed E-state index contributed by atoms with van der Waals surface area (Å²) in [4.78, 5) is 26.0. The SMILES string of the molecule is CN(CC1CCCCC1O)C(=O)Nc1ccc2c(c1)C(=O)CCC2. The summed E-state index contributed by atoms with van der Waals surface area (Å²) in [7, 11) is 1.75. The molecule has 130 valence electrons. The van der Waals surface area contributed by atoms with Gasteiger partial charge in [0, 0.05) is 37.2 Å². The minimum absolute atomic E-state index is 0.152. The van der Waals surface area contributed by atoms with Crippen molar-refractivity contribution in [3.63, 3.8) is 0 Å². The summed E-state index contributed by atoms with van der Waals surface area (Å²) in [6.07, 6.45) is 6.08. The van der Waals surface area contributed by atoms with Crippen LogP contribution in [0.4, 0.5) is 10.5 Å². The molecule has 2 atom stereocenters. The van der Waals surface area contributed by atoms with E-state index >= 15 is 0 Å². The van der Waals surface area contributed by atoms with Crippen molar-refractivity contribution < 1.29 is 14.7 Å². The number of fused-ring (bicyclic) bond motifs is 1. The first-order chi connectivity index (χ1) is 11.5. The molecule has 5 heteroatoms. The third-order valence-corrected chi connectivity index (χ3v) is 5.24. The molecule has 3 rings (SSSR count). The highest BCUT2D eigenvalue weighted by molar-refractivity contribution is 6.00. The molecule has 0 saturated heterocycles. The van der Waals surface area contributed by atoms with Crippen molar-refractivity contribution in [3.8, 4) is 0 Å². The topological polar surface area (TPSA) is 69.6 Å². The number of nitrogens with one attached hydrogen (secondary N) is 1.